The molecule has 0 aromatic carbocycles. The maximum Gasteiger partial charge on any atom is 0.192 e. The van der Waals surface area contributed by atoms with Crippen LogP contribution in [0.2, 0.25) is 4.47 Å². The molecule has 1 aliphatic heterocycles. The number of nitrogens with zero attached hydrogens (tertiary/aromatic N) is 4. The molecule has 1 aromatic heterocycles. The van der Waals surface area contributed by atoms with Crippen LogP contribution in [0.25, 0.3) is 0 Å². The molecule has 0 amide bonds. The Morgan fingerprint density at radius 1 is 1.83 bits per heavy atom. The van der Waals surface area contributed by atoms with E-state index in [0.717, 1.165) is 4.88 Å². The summed E-state index contributed by atoms with van der Waals surface area (Å²) in [6.07, 6.45) is 2.26. The van der Waals surface area contributed by atoms with Gasteiger partial charge in [0.2, 0.25) is 0 Å². The number of rotatable bonds is 3. The second-order valence-electron chi connectivity index (χ2n) is 3.87. The molecule has 1 saturated heterocycles. The fraction of sp³-hybridized carbons (Fsp3) is 0.556. The molecule has 0 spiro atoms. The van der Waals surface area contributed by atoms with Crippen molar-refractivity contribution in [1.29, 1.82) is 0 Å². The number of amidine groups is 1. The largest absolute Gasteiger partial charge is 0.360 e. The molecule has 2 rings (SSSR count). The second kappa shape index (κ2) is 5.59. The molecule has 1 aliphatic rings. The summed E-state index contributed by atoms with van der Waals surface area (Å²) in [6, 6.07) is 0. The maximum atomic E-state index is 10.5. The number of ether oxygens (including phenoxy) is 1. The van der Waals surface area contributed by atoms with Crippen molar-refractivity contribution in [1.82, 2.24) is 9.88 Å². The predicted octanol–water partition coefficient (Wildman–Crippen LogP) is 1.46. The van der Waals surface area contributed by atoms with E-state index in [2.05, 4.69) is 10.1 Å². The van der Waals surface area contributed by atoms with Crippen molar-refractivity contribution in [3.8, 4) is 0 Å². The van der Waals surface area contributed by atoms with Gasteiger partial charge in [-0.3, -0.25) is 0 Å². The van der Waals surface area contributed by atoms with Gasteiger partial charge in [-0.25, -0.2) is 15.1 Å². The van der Waals surface area contributed by atoms with Crippen LogP contribution in [0.15, 0.2) is 11.3 Å². The lowest BCUT2D eigenvalue weighted by Crippen LogP contribution is -2.43. The third-order valence-electron chi connectivity index (χ3n) is 2.52. The minimum atomic E-state index is -0.677. The van der Waals surface area contributed by atoms with Gasteiger partial charge in [-0.1, -0.05) is 11.6 Å². The van der Waals surface area contributed by atoms with Crippen LogP contribution in [0.4, 0.5) is 0 Å². The van der Waals surface area contributed by atoms with E-state index < -0.39 is 5.03 Å². The zero-order valence-corrected chi connectivity index (χ0v) is 11.1. The maximum absolute atomic E-state index is 10.5. The normalized spacial score (nSPS) is 22.4. The van der Waals surface area contributed by atoms with E-state index in [1.165, 1.54) is 11.3 Å². The molecule has 0 N–H and O–H groups in total. The van der Waals surface area contributed by atoms with Gasteiger partial charge in [-0.2, -0.15) is 0 Å². The van der Waals surface area contributed by atoms with Crippen LogP contribution in [0, 0.1) is 16.0 Å². The zero-order valence-electron chi connectivity index (χ0n) is 9.58. The molecule has 98 valence electrons. The molecule has 0 saturated carbocycles. The molecule has 9 heteroatoms. The van der Waals surface area contributed by atoms with Gasteiger partial charge < -0.3 is 9.64 Å². The van der Waals surface area contributed by atoms with Gasteiger partial charge in [0.05, 0.1) is 17.6 Å². The Balaban J connectivity index is 2.15. The molecular weight excluding hydrogens is 280 g/mol. The average Bonchev–Trinajstić information content (AvgIpc) is 2.69. The Labute approximate surface area is 112 Å². The lowest BCUT2D eigenvalue weighted by atomic mass is 10.0. The summed E-state index contributed by atoms with van der Waals surface area (Å²) in [5.74, 6) is 0.279. The third-order valence-corrected chi connectivity index (χ3v) is 3.65. The number of aromatic nitrogens is 1. The van der Waals surface area contributed by atoms with Gasteiger partial charge in [-0.05, 0) is 6.42 Å². The summed E-state index contributed by atoms with van der Waals surface area (Å²) in [5, 5.41) is 13.3. The van der Waals surface area contributed by atoms with Crippen molar-refractivity contribution in [3.05, 3.63) is 25.7 Å². The Morgan fingerprint density at radius 3 is 3.22 bits per heavy atom. The molecule has 0 aliphatic carbocycles. The van der Waals surface area contributed by atoms with E-state index in [9.17, 15) is 10.1 Å². The lowest BCUT2D eigenvalue weighted by molar-refractivity contribution is -0.486. The summed E-state index contributed by atoms with van der Waals surface area (Å²) in [6.45, 7) is 0.721. The molecule has 18 heavy (non-hydrogen) atoms. The molecule has 0 radical (unpaired) electrons. The number of hydrogen-bond donors (Lipinski definition) is 0. The van der Waals surface area contributed by atoms with Crippen molar-refractivity contribution >= 4 is 28.8 Å². The summed E-state index contributed by atoms with van der Waals surface area (Å²) < 4.78 is 5.82. The van der Waals surface area contributed by atoms with Crippen LogP contribution < -0.4 is 0 Å². The first-order valence-electron chi connectivity index (χ1n) is 5.18. The monoisotopic (exact) mass is 290 g/mol. The molecule has 2 heterocycles. The Bertz CT molecular complexity index is 478. The summed E-state index contributed by atoms with van der Waals surface area (Å²) in [7, 11) is 1.72. The molecule has 1 atom stereocenters. The first kappa shape index (κ1) is 13.2. The molecule has 7 nitrogen and oxygen atoms in total. The minimum Gasteiger partial charge on any atom is -0.360 e. The van der Waals surface area contributed by atoms with Gasteiger partial charge in [0, 0.05) is 18.1 Å². The van der Waals surface area contributed by atoms with Crippen molar-refractivity contribution in [3.63, 3.8) is 0 Å². The van der Waals surface area contributed by atoms with Crippen molar-refractivity contribution < 1.29 is 9.77 Å². The van der Waals surface area contributed by atoms with E-state index >= 15 is 0 Å². The summed E-state index contributed by atoms with van der Waals surface area (Å²) in [5.41, 5.74) is 0. The van der Waals surface area contributed by atoms with Crippen LogP contribution >= 0.6 is 22.9 Å². The van der Waals surface area contributed by atoms with E-state index in [1.54, 1.807) is 18.1 Å². The van der Waals surface area contributed by atoms with E-state index in [-0.39, 0.29) is 5.92 Å². The minimum absolute atomic E-state index is 0.148. The fourth-order valence-corrected chi connectivity index (χ4v) is 2.85. The van der Waals surface area contributed by atoms with Crippen molar-refractivity contribution in [2.75, 3.05) is 20.4 Å². The second-order valence-corrected chi connectivity index (χ2v) is 5.57. The fourth-order valence-electron chi connectivity index (χ4n) is 1.80. The quantitative estimate of drug-likeness (QED) is 0.622. The van der Waals surface area contributed by atoms with Gasteiger partial charge in [0.25, 0.3) is 0 Å². The van der Waals surface area contributed by atoms with E-state index in [0.29, 0.717) is 30.1 Å². The van der Waals surface area contributed by atoms with Crippen molar-refractivity contribution in [2.24, 2.45) is 11.0 Å². The smallest absolute Gasteiger partial charge is 0.192 e. The van der Waals surface area contributed by atoms with Crippen LogP contribution in [0.3, 0.4) is 0 Å². The highest BCUT2D eigenvalue weighted by Crippen LogP contribution is 2.23. The molecule has 1 unspecified atom stereocenters. The zero-order chi connectivity index (χ0) is 13.1. The highest BCUT2D eigenvalue weighted by atomic mass is 35.5. The Hall–Kier alpha value is -1.25. The topological polar surface area (TPSA) is 80.9 Å². The van der Waals surface area contributed by atoms with Crippen LogP contribution in [0.5, 0.6) is 0 Å². The first-order valence-corrected chi connectivity index (χ1v) is 6.37. The molecule has 1 aromatic rings. The van der Waals surface area contributed by atoms with Crippen LogP contribution in [-0.4, -0.2) is 41.1 Å². The number of thiazole rings is 1. The van der Waals surface area contributed by atoms with E-state index in [1.807, 2.05) is 0 Å². The van der Waals surface area contributed by atoms with Crippen LogP contribution in [0.1, 0.15) is 4.88 Å². The standard InChI is InChI=1S/C9H11ClN4O3S/c1-13-5-17-4-6(8(13)12-14(15)16)2-7-3-11-9(10)18-7/h3,6H,2,4-5H2,1H3. The number of halogens is 1. The van der Waals surface area contributed by atoms with Gasteiger partial charge >= 0.3 is 0 Å². The molecule has 1 fully saturated rings. The third kappa shape index (κ3) is 3.15. The van der Waals surface area contributed by atoms with Crippen LogP contribution in [-0.2, 0) is 11.2 Å². The highest BCUT2D eigenvalue weighted by Gasteiger charge is 2.29. The predicted molar refractivity (Wildman–Crippen MR) is 67.3 cm³/mol. The molecule has 0 bridgehead atoms. The van der Waals surface area contributed by atoms with Crippen molar-refractivity contribution in [2.45, 2.75) is 6.42 Å². The number of hydrazone groups is 1. The molecular formula is C9H11ClN4O3S. The van der Waals surface area contributed by atoms with E-state index in [4.69, 9.17) is 16.3 Å². The highest BCUT2D eigenvalue weighted by molar-refractivity contribution is 7.15. The summed E-state index contributed by atoms with van der Waals surface area (Å²) in [4.78, 5) is 17.1. The van der Waals surface area contributed by atoms with Gasteiger partial charge in [-0.15, -0.1) is 11.3 Å². The van der Waals surface area contributed by atoms with Gasteiger partial charge in [0.1, 0.15) is 6.73 Å². The Kier molecular flexibility index (Phi) is 4.10. The Morgan fingerprint density at radius 2 is 2.61 bits per heavy atom. The summed E-state index contributed by atoms with van der Waals surface area (Å²) >= 11 is 7.11. The first-order chi connectivity index (χ1) is 8.56. The SMILES string of the molecule is CN1COCC(Cc2cnc(Cl)s2)C1=N[N+](=O)[O-]. The lowest BCUT2D eigenvalue weighted by Gasteiger charge is -2.30. The van der Waals surface area contributed by atoms with Gasteiger partial charge in [0.15, 0.2) is 15.3 Å². The number of nitro groups is 1. The number of hydrogen-bond acceptors (Lipinski definition) is 5. The average molecular weight is 291 g/mol.